The second-order valence-electron chi connectivity index (χ2n) is 7.15. The maximum atomic E-state index is 12.3. The summed E-state index contributed by atoms with van der Waals surface area (Å²) in [6.45, 7) is 4.41. The number of halogens is 1. The third-order valence-electron chi connectivity index (χ3n) is 5.11. The van der Waals surface area contributed by atoms with Crippen LogP contribution in [0.25, 0.3) is 11.3 Å². The Hall–Kier alpha value is -2.76. The highest BCUT2D eigenvalue weighted by Gasteiger charge is 2.19. The van der Waals surface area contributed by atoms with Gasteiger partial charge in [-0.25, -0.2) is 0 Å². The van der Waals surface area contributed by atoms with Crippen LogP contribution in [0.5, 0.6) is 0 Å². The third kappa shape index (κ3) is 5.19. The Labute approximate surface area is 175 Å². The predicted octanol–water partition coefficient (Wildman–Crippen LogP) is 4.04. The quantitative estimate of drug-likeness (QED) is 0.667. The largest absolute Gasteiger partial charge is 0.459 e. The number of nitrogens with zero attached hydrogens (tertiary/aromatic N) is 2. The maximum Gasteiger partial charge on any atom is 0.234 e. The van der Waals surface area contributed by atoms with Crippen molar-refractivity contribution in [2.75, 3.05) is 37.6 Å². The molecular weight excluding hydrogens is 386 g/mol. The van der Waals surface area contributed by atoms with E-state index < -0.39 is 0 Å². The van der Waals surface area contributed by atoms with Crippen molar-refractivity contribution in [3.05, 3.63) is 77.5 Å². The van der Waals surface area contributed by atoms with E-state index in [4.69, 9.17) is 16.0 Å². The van der Waals surface area contributed by atoms with Crippen LogP contribution in [0, 0.1) is 0 Å². The molecule has 1 saturated heterocycles. The van der Waals surface area contributed by atoms with E-state index in [0.717, 1.165) is 43.3 Å². The zero-order valence-corrected chi connectivity index (χ0v) is 16.9. The molecule has 1 N–H and O–H groups in total. The van der Waals surface area contributed by atoms with E-state index in [0.29, 0.717) is 18.1 Å². The van der Waals surface area contributed by atoms with Gasteiger partial charge in [-0.1, -0.05) is 29.8 Å². The van der Waals surface area contributed by atoms with Crippen LogP contribution in [-0.4, -0.2) is 43.5 Å². The first-order valence-electron chi connectivity index (χ1n) is 9.81. The SMILES string of the molecule is O=C(CN1CCN(c2ccccc2)CC1)NCc1ccc(-c2ccc(Cl)cc2)o1. The van der Waals surface area contributed by atoms with Crippen molar-refractivity contribution in [2.24, 2.45) is 0 Å². The Balaban J connectivity index is 1.22. The second kappa shape index (κ2) is 9.16. The molecule has 0 bridgehead atoms. The summed E-state index contributed by atoms with van der Waals surface area (Å²) in [6.07, 6.45) is 0. The van der Waals surface area contributed by atoms with Crippen molar-refractivity contribution < 1.29 is 9.21 Å². The highest BCUT2D eigenvalue weighted by atomic mass is 35.5. The molecule has 5 nitrogen and oxygen atoms in total. The van der Waals surface area contributed by atoms with Gasteiger partial charge in [0.2, 0.25) is 5.91 Å². The molecule has 29 heavy (non-hydrogen) atoms. The number of carbonyl (C=O) groups is 1. The van der Waals surface area contributed by atoms with Crippen molar-refractivity contribution >= 4 is 23.2 Å². The lowest BCUT2D eigenvalue weighted by Gasteiger charge is -2.35. The number of carbonyl (C=O) groups excluding carboxylic acids is 1. The van der Waals surface area contributed by atoms with Gasteiger partial charge in [-0.2, -0.15) is 0 Å². The Morgan fingerprint density at radius 3 is 2.38 bits per heavy atom. The minimum Gasteiger partial charge on any atom is -0.459 e. The summed E-state index contributed by atoms with van der Waals surface area (Å²) in [7, 11) is 0. The topological polar surface area (TPSA) is 48.7 Å². The van der Waals surface area contributed by atoms with Gasteiger partial charge in [0, 0.05) is 42.5 Å². The molecule has 1 fully saturated rings. The Kier molecular flexibility index (Phi) is 6.17. The number of nitrogens with one attached hydrogen (secondary N) is 1. The van der Waals surface area contributed by atoms with Gasteiger partial charge in [0.15, 0.2) is 0 Å². The molecule has 1 aliphatic heterocycles. The van der Waals surface area contributed by atoms with Gasteiger partial charge in [-0.15, -0.1) is 0 Å². The van der Waals surface area contributed by atoms with Gasteiger partial charge in [0.05, 0.1) is 13.1 Å². The first kappa shape index (κ1) is 19.6. The van der Waals surface area contributed by atoms with Crippen molar-refractivity contribution in [3.8, 4) is 11.3 Å². The molecule has 0 unspecified atom stereocenters. The van der Waals surface area contributed by atoms with Crippen LogP contribution in [0.1, 0.15) is 5.76 Å². The lowest BCUT2D eigenvalue weighted by Crippen LogP contribution is -2.49. The molecule has 0 aliphatic carbocycles. The van der Waals surface area contributed by atoms with E-state index in [-0.39, 0.29) is 5.91 Å². The van der Waals surface area contributed by atoms with E-state index in [1.54, 1.807) is 0 Å². The molecular formula is C23H24ClN3O2. The summed E-state index contributed by atoms with van der Waals surface area (Å²) in [5.74, 6) is 1.52. The predicted molar refractivity (Wildman–Crippen MR) is 116 cm³/mol. The van der Waals surface area contributed by atoms with Crippen molar-refractivity contribution in [1.82, 2.24) is 10.2 Å². The van der Waals surface area contributed by atoms with Crippen molar-refractivity contribution in [2.45, 2.75) is 6.54 Å². The third-order valence-corrected chi connectivity index (χ3v) is 5.36. The number of piperazine rings is 1. The summed E-state index contributed by atoms with van der Waals surface area (Å²) >= 11 is 5.92. The number of rotatable bonds is 6. The number of furan rings is 1. The highest BCUT2D eigenvalue weighted by molar-refractivity contribution is 6.30. The molecule has 0 atom stereocenters. The number of benzene rings is 2. The first-order chi connectivity index (χ1) is 14.2. The molecule has 2 aromatic carbocycles. The standard InChI is InChI=1S/C23H24ClN3O2/c24-19-8-6-18(7-9-19)22-11-10-21(29-22)16-25-23(28)17-26-12-14-27(15-13-26)20-4-2-1-3-5-20/h1-11H,12-17H2,(H,25,28). The van der Waals surface area contributed by atoms with Crippen LogP contribution in [0.15, 0.2) is 71.1 Å². The van der Waals surface area contributed by atoms with Crippen LogP contribution in [0.2, 0.25) is 5.02 Å². The summed E-state index contributed by atoms with van der Waals surface area (Å²) in [4.78, 5) is 16.9. The van der Waals surface area contributed by atoms with E-state index in [2.05, 4.69) is 39.4 Å². The van der Waals surface area contributed by atoms with Crippen LogP contribution in [-0.2, 0) is 11.3 Å². The average molecular weight is 410 g/mol. The highest BCUT2D eigenvalue weighted by Crippen LogP contribution is 2.23. The first-order valence-corrected chi connectivity index (χ1v) is 10.2. The fraction of sp³-hybridized carbons (Fsp3) is 0.261. The molecule has 0 saturated carbocycles. The van der Waals surface area contributed by atoms with Gasteiger partial charge in [-0.05, 0) is 48.5 Å². The average Bonchev–Trinajstić information content (AvgIpc) is 3.23. The number of hydrogen-bond acceptors (Lipinski definition) is 4. The van der Waals surface area contributed by atoms with E-state index >= 15 is 0 Å². The molecule has 2 heterocycles. The summed E-state index contributed by atoms with van der Waals surface area (Å²) < 4.78 is 5.83. The Morgan fingerprint density at radius 2 is 1.66 bits per heavy atom. The molecule has 1 aromatic heterocycles. The van der Waals surface area contributed by atoms with Crippen LogP contribution >= 0.6 is 11.6 Å². The monoisotopic (exact) mass is 409 g/mol. The molecule has 0 spiro atoms. The van der Waals surface area contributed by atoms with E-state index in [1.165, 1.54) is 5.69 Å². The molecule has 0 radical (unpaired) electrons. The summed E-state index contributed by atoms with van der Waals surface area (Å²) in [5.41, 5.74) is 2.20. The van der Waals surface area contributed by atoms with Crippen LogP contribution in [0.3, 0.4) is 0 Å². The van der Waals surface area contributed by atoms with Crippen LogP contribution < -0.4 is 10.2 Å². The molecule has 1 amide bonds. The van der Waals surface area contributed by atoms with Gasteiger partial charge in [0.1, 0.15) is 11.5 Å². The molecule has 1 aliphatic rings. The van der Waals surface area contributed by atoms with E-state index in [1.807, 2.05) is 42.5 Å². The number of amides is 1. The fourth-order valence-electron chi connectivity index (χ4n) is 3.49. The lowest BCUT2D eigenvalue weighted by atomic mass is 10.2. The summed E-state index contributed by atoms with van der Waals surface area (Å²) in [6, 6.07) is 21.7. The van der Waals surface area contributed by atoms with E-state index in [9.17, 15) is 4.79 Å². The van der Waals surface area contributed by atoms with Gasteiger partial charge in [0.25, 0.3) is 0 Å². The van der Waals surface area contributed by atoms with Gasteiger partial charge in [-0.3, -0.25) is 9.69 Å². The molecule has 6 heteroatoms. The second-order valence-corrected chi connectivity index (χ2v) is 7.58. The number of anilines is 1. The van der Waals surface area contributed by atoms with Crippen LogP contribution in [0.4, 0.5) is 5.69 Å². The van der Waals surface area contributed by atoms with Crippen molar-refractivity contribution in [3.63, 3.8) is 0 Å². The fourth-order valence-corrected chi connectivity index (χ4v) is 3.62. The minimum atomic E-state index is 0.0163. The zero-order chi connectivity index (χ0) is 20.1. The molecule has 150 valence electrons. The lowest BCUT2D eigenvalue weighted by molar-refractivity contribution is -0.122. The van der Waals surface area contributed by atoms with Gasteiger partial charge >= 0.3 is 0 Å². The minimum absolute atomic E-state index is 0.0163. The number of hydrogen-bond donors (Lipinski definition) is 1. The molecule has 3 aromatic rings. The Morgan fingerprint density at radius 1 is 0.931 bits per heavy atom. The zero-order valence-electron chi connectivity index (χ0n) is 16.2. The Bertz CT molecular complexity index is 932. The molecule has 4 rings (SSSR count). The maximum absolute atomic E-state index is 12.3. The summed E-state index contributed by atoms with van der Waals surface area (Å²) in [5, 5.41) is 3.65. The smallest absolute Gasteiger partial charge is 0.234 e. The van der Waals surface area contributed by atoms with Crippen molar-refractivity contribution in [1.29, 1.82) is 0 Å². The van der Waals surface area contributed by atoms with Gasteiger partial charge < -0.3 is 14.6 Å². The normalized spacial score (nSPS) is 14.7. The number of para-hydroxylation sites is 1.